The summed E-state index contributed by atoms with van der Waals surface area (Å²) in [5.41, 5.74) is 6.74. The molecule has 21 heavy (non-hydrogen) atoms. The maximum Gasteiger partial charge on any atom is 0.416 e. The smallest absolute Gasteiger partial charge is 0.397 e. The molecule has 0 saturated heterocycles. The van der Waals surface area contributed by atoms with Crippen molar-refractivity contribution in [3.63, 3.8) is 0 Å². The molecule has 2 aromatic carbocycles. The van der Waals surface area contributed by atoms with E-state index in [1.165, 1.54) is 6.07 Å². The fraction of sp³-hybridized carbons (Fsp3) is 0.250. The quantitative estimate of drug-likeness (QED) is 0.824. The second-order valence-corrected chi connectivity index (χ2v) is 5.03. The summed E-state index contributed by atoms with van der Waals surface area (Å²) in [6.07, 6.45) is -3.61. The number of benzene rings is 2. The van der Waals surface area contributed by atoms with Gasteiger partial charge in [-0.25, -0.2) is 0 Å². The van der Waals surface area contributed by atoms with Gasteiger partial charge in [-0.3, -0.25) is 0 Å². The van der Waals surface area contributed by atoms with Crippen LogP contribution in [-0.2, 0) is 12.6 Å². The molecule has 0 fully saturated rings. The number of nitrogens with two attached hydrogens (primary N) is 1. The van der Waals surface area contributed by atoms with Gasteiger partial charge in [0.15, 0.2) is 0 Å². The molecule has 0 aliphatic rings. The molecule has 0 aliphatic carbocycles. The third-order valence-electron chi connectivity index (χ3n) is 3.17. The fourth-order valence-corrected chi connectivity index (χ4v) is 2.15. The summed E-state index contributed by atoms with van der Waals surface area (Å²) in [5.74, 6) is 0. The third kappa shape index (κ3) is 4.15. The Morgan fingerprint density at radius 1 is 1.10 bits per heavy atom. The second-order valence-electron chi connectivity index (χ2n) is 5.03. The van der Waals surface area contributed by atoms with Crippen LogP contribution in [-0.4, -0.2) is 6.04 Å². The summed E-state index contributed by atoms with van der Waals surface area (Å²) in [4.78, 5) is 0. The molecule has 0 aromatic heterocycles. The SMILES string of the molecule is CC(Cc1ccccc1)Nc1ccc(C(F)(F)F)cc1N. The van der Waals surface area contributed by atoms with Gasteiger partial charge in [0.05, 0.1) is 16.9 Å². The molecule has 0 amide bonds. The van der Waals surface area contributed by atoms with Crippen molar-refractivity contribution < 1.29 is 13.2 Å². The Kier molecular flexibility index (Phi) is 4.40. The van der Waals surface area contributed by atoms with Crippen LogP contribution < -0.4 is 11.1 Å². The second kappa shape index (κ2) is 6.08. The number of rotatable bonds is 4. The summed E-state index contributed by atoms with van der Waals surface area (Å²) in [7, 11) is 0. The lowest BCUT2D eigenvalue weighted by Gasteiger charge is -2.18. The van der Waals surface area contributed by atoms with E-state index in [0.29, 0.717) is 5.69 Å². The monoisotopic (exact) mass is 294 g/mol. The Hall–Kier alpha value is -2.17. The highest BCUT2D eigenvalue weighted by molar-refractivity contribution is 5.67. The van der Waals surface area contributed by atoms with E-state index >= 15 is 0 Å². The summed E-state index contributed by atoms with van der Waals surface area (Å²) in [5, 5.41) is 3.14. The molecule has 0 heterocycles. The molecule has 2 aromatic rings. The van der Waals surface area contributed by atoms with Crippen molar-refractivity contribution in [1.82, 2.24) is 0 Å². The highest BCUT2D eigenvalue weighted by Gasteiger charge is 2.30. The number of hydrogen-bond acceptors (Lipinski definition) is 2. The van der Waals surface area contributed by atoms with Gasteiger partial charge in [0, 0.05) is 6.04 Å². The van der Waals surface area contributed by atoms with E-state index in [9.17, 15) is 13.2 Å². The Balaban J connectivity index is 2.06. The minimum Gasteiger partial charge on any atom is -0.397 e. The van der Waals surface area contributed by atoms with Crippen molar-refractivity contribution in [3.05, 3.63) is 59.7 Å². The number of halogens is 3. The lowest BCUT2D eigenvalue weighted by atomic mass is 10.1. The molecule has 2 rings (SSSR count). The molecule has 2 nitrogen and oxygen atoms in total. The van der Waals surface area contributed by atoms with Gasteiger partial charge in [0.1, 0.15) is 0 Å². The van der Waals surface area contributed by atoms with Gasteiger partial charge < -0.3 is 11.1 Å². The van der Waals surface area contributed by atoms with E-state index < -0.39 is 11.7 Å². The molecular formula is C16H17F3N2. The van der Waals surface area contributed by atoms with E-state index in [0.717, 1.165) is 24.1 Å². The summed E-state index contributed by atoms with van der Waals surface area (Å²) in [6.45, 7) is 1.96. The Morgan fingerprint density at radius 3 is 2.33 bits per heavy atom. The van der Waals surface area contributed by atoms with E-state index in [1.807, 2.05) is 37.3 Å². The first-order chi connectivity index (χ1) is 9.86. The molecule has 0 aliphatic heterocycles. The standard InChI is InChI=1S/C16H17F3N2/c1-11(9-12-5-3-2-4-6-12)21-15-8-7-13(10-14(15)20)16(17,18)19/h2-8,10-11,21H,9,20H2,1H3. The summed E-state index contributed by atoms with van der Waals surface area (Å²) in [6, 6.07) is 13.3. The Labute approximate surface area is 121 Å². The molecule has 5 heteroatoms. The van der Waals surface area contributed by atoms with Gasteiger partial charge >= 0.3 is 6.18 Å². The maximum absolute atomic E-state index is 12.6. The van der Waals surface area contributed by atoms with Gasteiger partial charge in [-0.1, -0.05) is 30.3 Å². The zero-order valence-electron chi connectivity index (χ0n) is 11.6. The van der Waals surface area contributed by atoms with Crippen LogP contribution in [0.15, 0.2) is 48.5 Å². The zero-order chi connectivity index (χ0) is 15.5. The first-order valence-corrected chi connectivity index (χ1v) is 6.63. The predicted molar refractivity (Wildman–Crippen MR) is 79.1 cm³/mol. The van der Waals surface area contributed by atoms with Crippen molar-refractivity contribution >= 4 is 11.4 Å². The van der Waals surface area contributed by atoms with Gasteiger partial charge in [-0.2, -0.15) is 13.2 Å². The van der Waals surface area contributed by atoms with Crippen molar-refractivity contribution in [3.8, 4) is 0 Å². The molecule has 1 atom stereocenters. The van der Waals surface area contributed by atoms with Crippen LogP contribution in [0.5, 0.6) is 0 Å². The predicted octanol–water partition coefficient (Wildman–Crippen LogP) is 4.33. The average molecular weight is 294 g/mol. The molecule has 1 unspecified atom stereocenters. The minimum absolute atomic E-state index is 0.0615. The molecular weight excluding hydrogens is 277 g/mol. The summed E-state index contributed by atoms with van der Waals surface area (Å²) >= 11 is 0. The fourth-order valence-electron chi connectivity index (χ4n) is 2.15. The average Bonchev–Trinajstić information content (AvgIpc) is 2.41. The van der Waals surface area contributed by atoms with E-state index in [-0.39, 0.29) is 11.7 Å². The first-order valence-electron chi connectivity index (χ1n) is 6.63. The first kappa shape index (κ1) is 15.2. The number of nitrogen functional groups attached to an aromatic ring is 1. The van der Waals surface area contributed by atoms with E-state index in [1.54, 1.807) is 0 Å². The van der Waals surface area contributed by atoms with Crippen molar-refractivity contribution in [2.45, 2.75) is 25.6 Å². The van der Waals surface area contributed by atoms with Crippen LogP contribution in [0, 0.1) is 0 Å². The van der Waals surface area contributed by atoms with E-state index in [2.05, 4.69) is 5.32 Å². The number of hydrogen-bond donors (Lipinski definition) is 2. The van der Waals surface area contributed by atoms with Crippen LogP contribution in [0.4, 0.5) is 24.5 Å². The number of nitrogens with one attached hydrogen (secondary N) is 1. The number of alkyl halides is 3. The van der Waals surface area contributed by atoms with Crippen LogP contribution in [0.1, 0.15) is 18.1 Å². The topological polar surface area (TPSA) is 38.0 Å². The van der Waals surface area contributed by atoms with Crippen molar-refractivity contribution in [2.24, 2.45) is 0 Å². The van der Waals surface area contributed by atoms with Crippen molar-refractivity contribution in [2.75, 3.05) is 11.1 Å². The van der Waals surface area contributed by atoms with Crippen LogP contribution in [0.25, 0.3) is 0 Å². The van der Waals surface area contributed by atoms with Crippen LogP contribution in [0.3, 0.4) is 0 Å². The molecule has 0 bridgehead atoms. The largest absolute Gasteiger partial charge is 0.416 e. The minimum atomic E-state index is -4.37. The molecule has 3 N–H and O–H groups in total. The van der Waals surface area contributed by atoms with Gasteiger partial charge in [-0.05, 0) is 37.1 Å². The molecule has 0 saturated carbocycles. The third-order valence-corrected chi connectivity index (χ3v) is 3.17. The highest BCUT2D eigenvalue weighted by Crippen LogP contribution is 2.33. The molecule has 0 radical (unpaired) electrons. The lowest BCUT2D eigenvalue weighted by molar-refractivity contribution is -0.137. The Bertz CT molecular complexity index is 594. The van der Waals surface area contributed by atoms with Crippen molar-refractivity contribution in [1.29, 1.82) is 0 Å². The summed E-state index contributed by atoms with van der Waals surface area (Å²) < 4.78 is 37.7. The highest BCUT2D eigenvalue weighted by atomic mass is 19.4. The Morgan fingerprint density at radius 2 is 1.76 bits per heavy atom. The maximum atomic E-state index is 12.6. The van der Waals surface area contributed by atoms with Gasteiger partial charge in [0.25, 0.3) is 0 Å². The lowest BCUT2D eigenvalue weighted by Crippen LogP contribution is -2.19. The van der Waals surface area contributed by atoms with Gasteiger partial charge in [0.2, 0.25) is 0 Å². The zero-order valence-corrected chi connectivity index (χ0v) is 11.6. The normalized spacial score (nSPS) is 13.0. The molecule has 0 spiro atoms. The van der Waals surface area contributed by atoms with Crippen LogP contribution in [0.2, 0.25) is 0 Å². The molecule has 112 valence electrons. The van der Waals surface area contributed by atoms with Gasteiger partial charge in [-0.15, -0.1) is 0 Å². The van der Waals surface area contributed by atoms with E-state index in [4.69, 9.17) is 5.73 Å². The number of anilines is 2. The van der Waals surface area contributed by atoms with Crippen LogP contribution >= 0.6 is 0 Å².